The van der Waals surface area contributed by atoms with Crippen LogP contribution in [0.5, 0.6) is 0 Å². The lowest BCUT2D eigenvalue weighted by molar-refractivity contribution is 0.621. The second-order valence-electron chi connectivity index (χ2n) is 6.90. The molecule has 3 N–H and O–H groups in total. The van der Waals surface area contributed by atoms with Gasteiger partial charge in [0.2, 0.25) is 0 Å². The van der Waals surface area contributed by atoms with Crippen LogP contribution in [-0.2, 0) is 6.54 Å². The lowest BCUT2D eigenvalue weighted by atomic mass is 10.1. The van der Waals surface area contributed by atoms with E-state index in [1.807, 2.05) is 60.9 Å². The fourth-order valence-corrected chi connectivity index (χ4v) is 3.45. The van der Waals surface area contributed by atoms with Crippen molar-refractivity contribution in [1.29, 1.82) is 0 Å². The smallest absolute Gasteiger partial charge is 0.147 e. The standard InChI is InChI=1S/C22H22FN5/c1-14-3-8-19(23)22-18(14)11-15(2)28(22)10-9-25-21-12-20(26-13-27-21)16-4-6-17(24)7-5-16/h3-8,11-13H,9-10,24H2,1-2H3,(H,25,26,27). The third-order valence-corrected chi connectivity index (χ3v) is 4.95. The SMILES string of the molecule is Cc1ccc(F)c2c1cc(C)n2CCNc1cc(-c2ccc(N)cc2)ncn1. The summed E-state index contributed by atoms with van der Waals surface area (Å²) in [4.78, 5) is 8.61. The number of aromatic nitrogens is 3. The summed E-state index contributed by atoms with van der Waals surface area (Å²) in [5.41, 5.74) is 11.0. The molecule has 0 bridgehead atoms. The molecule has 2 aromatic heterocycles. The number of nitrogen functional groups attached to an aromatic ring is 1. The number of nitrogens with two attached hydrogens (primary N) is 1. The number of halogens is 1. The zero-order valence-electron chi connectivity index (χ0n) is 15.9. The van der Waals surface area contributed by atoms with E-state index in [1.165, 1.54) is 12.4 Å². The van der Waals surface area contributed by atoms with E-state index in [0.29, 0.717) is 24.3 Å². The van der Waals surface area contributed by atoms with Gasteiger partial charge in [0, 0.05) is 41.5 Å². The van der Waals surface area contributed by atoms with Gasteiger partial charge in [0.25, 0.3) is 0 Å². The largest absolute Gasteiger partial charge is 0.399 e. The van der Waals surface area contributed by atoms with Gasteiger partial charge in [-0.3, -0.25) is 0 Å². The molecule has 2 aromatic carbocycles. The summed E-state index contributed by atoms with van der Waals surface area (Å²) in [5, 5.41) is 4.27. The van der Waals surface area contributed by atoms with E-state index in [4.69, 9.17) is 5.73 Å². The van der Waals surface area contributed by atoms with Crippen LogP contribution in [0.4, 0.5) is 15.9 Å². The summed E-state index contributed by atoms with van der Waals surface area (Å²) in [5.74, 6) is 0.536. The van der Waals surface area contributed by atoms with Crippen LogP contribution in [0.25, 0.3) is 22.2 Å². The first kappa shape index (κ1) is 18.0. The highest BCUT2D eigenvalue weighted by Gasteiger charge is 2.12. The lowest BCUT2D eigenvalue weighted by Gasteiger charge is -2.11. The normalized spacial score (nSPS) is 11.1. The second kappa shape index (κ2) is 7.31. The molecule has 0 spiro atoms. The quantitative estimate of drug-likeness (QED) is 0.502. The van der Waals surface area contributed by atoms with Crippen LogP contribution in [0.3, 0.4) is 0 Å². The van der Waals surface area contributed by atoms with Gasteiger partial charge in [-0.2, -0.15) is 0 Å². The van der Waals surface area contributed by atoms with Crippen molar-refractivity contribution >= 4 is 22.4 Å². The Morgan fingerprint density at radius 2 is 1.82 bits per heavy atom. The molecule has 142 valence electrons. The minimum atomic E-state index is -0.193. The molecule has 4 aromatic rings. The maximum atomic E-state index is 14.4. The molecular formula is C22H22FN5. The molecule has 0 fully saturated rings. The zero-order valence-corrected chi connectivity index (χ0v) is 15.9. The van der Waals surface area contributed by atoms with E-state index in [0.717, 1.165) is 33.7 Å². The van der Waals surface area contributed by atoms with E-state index in [-0.39, 0.29) is 5.82 Å². The Labute approximate surface area is 163 Å². The van der Waals surface area contributed by atoms with E-state index in [2.05, 4.69) is 15.3 Å². The van der Waals surface area contributed by atoms with Gasteiger partial charge in [0.1, 0.15) is 18.0 Å². The summed E-state index contributed by atoms with van der Waals surface area (Å²) in [6.45, 7) is 5.26. The number of rotatable bonds is 5. The zero-order chi connectivity index (χ0) is 19.7. The number of aryl methyl sites for hydroxylation is 2. The topological polar surface area (TPSA) is 68.8 Å². The molecular weight excluding hydrogens is 353 g/mol. The number of fused-ring (bicyclic) bond motifs is 1. The van der Waals surface area contributed by atoms with Crippen LogP contribution in [0, 0.1) is 19.7 Å². The number of nitrogens with zero attached hydrogens (tertiary/aromatic N) is 3. The van der Waals surface area contributed by atoms with E-state index < -0.39 is 0 Å². The van der Waals surface area contributed by atoms with Gasteiger partial charge < -0.3 is 15.6 Å². The molecule has 0 amide bonds. The second-order valence-corrected chi connectivity index (χ2v) is 6.90. The van der Waals surface area contributed by atoms with Crippen LogP contribution in [-0.4, -0.2) is 21.1 Å². The van der Waals surface area contributed by atoms with Gasteiger partial charge in [-0.05, 0) is 43.7 Å². The molecule has 0 atom stereocenters. The van der Waals surface area contributed by atoms with Crippen molar-refractivity contribution in [3.63, 3.8) is 0 Å². The molecule has 0 aliphatic heterocycles. The van der Waals surface area contributed by atoms with E-state index >= 15 is 0 Å². The van der Waals surface area contributed by atoms with Gasteiger partial charge in [-0.1, -0.05) is 18.2 Å². The highest BCUT2D eigenvalue weighted by atomic mass is 19.1. The molecule has 2 heterocycles. The lowest BCUT2D eigenvalue weighted by Crippen LogP contribution is -2.13. The Bertz CT molecular complexity index is 1130. The molecule has 0 radical (unpaired) electrons. The van der Waals surface area contributed by atoms with Crippen molar-refractivity contribution in [2.75, 3.05) is 17.6 Å². The predicted molar refractivity (Wildman–Crippen MR) is 112 cm³/mol. The first-order chi connectivity index (χ1) is 13.5. The number of hydrogen-bond donors (Lipinski definition) is 2. The summed E-state index contributed by atoms with van der Waals surface area (Å²) in [7, 11) is 0. The highest BCUT2D eigenvalue weighted by Crippen LogP contribution is 2.26. The minimum absolute atomic E-state index is 0.193. The maximum Gasteiger partial charge on any atom is 0.147 e. The molecule has 0 aliphatic carbocycles. The van der Waals surface area contributed by atoms with Crippen LogP contribution in [0.15, 0.2) is 54.9 Å². The first-order valence-corrected chi connectivity index (χ1v) is 9.20. The van der Waals surface area contributed by atoms with E-state index in [9.17, 15) is 4.39 Å². The van der Waals surface area contributed by atoms with Crippen molar-refractivity contribution in [3.05, 3.63) is 71.9 Å². The van der Waals surface area contributed by atoms with Gasteiger partial charge in [-0.15, -0.1) is 0 Å². The summed E-state index contributed by atoms with van der Waals surface area (Å²) < 4.78 is 16.4. The Hall–Kier alpha value is -3.41. The Morgan fingerprint density at radius 3 is 2.61 bits per heavy atom. The molecule has 0 saturated heterocycles. The average molecular weight is 375 g/mol. The molecule has 28 heavy (non-hydrogen) atoms. The summed E-state index contributed by atoms with van der Waals surface area (Å²) in [6.07, 6.45) is 1.54. The van der Waals surface area contributed by atoms with Gasteiger partial charge in [0.15, 0.2) is 0 Å². The van der Waals surface area contributed by atoms with Crippen LogP contribution < -0.4 is 11.1 Å². The number of nitrogens with one attached hydrogen (secondary N) is 1. The number of benzene rings is 2. The van der Waals surface area contributed by atoms with Crippen molar-refractivity contribution in [1.82, 2.24) is 14.5 Å². The third-order valence-electron chi connectivity index (χ3n) is 4.95. The van der Waals surface area contributed by atoms with Gasteiger partial charge >= 0.3 is 0 Å². The summed E-state index contributed by atoms with van der Waals surface area (Å²) >= 11 is 0. The predicted octanol–water partition coefficient (Wildman–Crippen LogP) is 4.55. The van der Waals surface area contributed by atoms with Crippen LogP contribution >= 0.6 is 0 Å². The number of hydrogen-bond acceptors (Lipinski definition) is 4. The van der Waals surface area contributed by atoms with Crippen molar-refractivity contribution in [2.24, 2.45) is 0 Å². The van der Waals surface area contributed by atoms with Crippen molar-refractivity contribution in [2.45, 2.75) is 20.4 Å². The van der Waals surface area contributed by atoms with Crippen LogP contribution in [0.1, 0.15) is 11.3 Å². The van der Waals surface area contributed by atoms with Crippen LogP contribution in [0.2, 0.25) is 0 Å². The first-order valence-electron chi connectivity index (χ1n) is 9.20. The molecule has 5 nitrogen and oxygen atoms in total. The van der Waals surface area contributed by atoms with Crippen molar-refractivity contribution in [3.8, 4) is 11.3 Å². The van der Waals surface area contributed by atoms with Crippen molar-refractivity contribution < 1.29 is 4.39 Å². The molecule has 0 aliphatic rings. The fourth-order valence-electron chi connectivity index (χ4n) is 3.45. The number of anilines is 2. The molecule has 0 saturated carbocycles. The average Bonchev–Trinajstić information content (AvgIpc) is 3.03. The third kappa shape index (κ3) is 3.41. The molecule has 0 unspecified atom stereocenters. The Morgan fingerprint density at radius 1 is 1.04 bits per heavy atom. The highest BCUT2D eigenvalue weighted by molar-refractivity contribution is 5.85. The van der Waals surface area contributed by atoms with E-state index in [1.54, 1.807) is 0 Å². The Balaban J connectivity index is 1.51. The van der Waals surface area contributed by atoms with Gasteiger partial charge in [0.05, 0.1) is 11.2 Å². The summed E-state index contributed by atoms with van der Waals surface area (Å²) in [6, 6.07) is 14.9. The molecule has 4 rings (SSSR count). The Kier molecular flexibility index (Phi) is 4.69. The monoisotopic (exact) mass is 375 g/mol. The molecule has 6 heteroatoms. The maximum absolute atomic E-state index is 14.4. The fraction of sp³-hybridized carbons (Fsp3) is 0.182. The minimum Gasteiger partial charge on any atom is -0.399 e. The van der Waals surface area contributed by atoms with Gasteiger partial charge in [-0.25, -0.2) is 14.4 Å².